The van der Waals surface area contributed by atoms with E-state index in [1.165, 1.54) is 0 Å². The van der Waals surface area contributed by atoms with Crippen LogP contribution in [-0.2, 0) is 6.54 Å². The second-order valence-corrected chi connectivity index (χ2v) is 3.30. The average molecular weight is 199 g/mol. The van der Waals surface area contributed by atoms with Gasteiger partial charge in [0.2, 0.25) is 0 Å². The number of nitrogens with zero attached hydrogens (tertiary/aromatic N) is 3. The molecule has 0 bridgehead atoms. The van der Waals surface area contributed by atoms with Crippen molar-refractivity contribution in [1.29, 1.82) is 0 Å². The van der Waals surface area contributed by atoms with Gasteiger partial charge in [0.1, 0.15) is 23.3 Å². The Bertz CT molecular complexity index is 535. The number of rotatable bonds is 2. The van der Waals surface area contributed by atoms with E-state index in [0.717, 1.165) is 16.8 Å². The third-order valence-corrected chi connectivity index (χ3v) is 2.21. The van der Waals surface area contributed by atoms with Gasteiger partial charge in [-0.05, 0) is 24.3 Å². The Morgan fingerprint density at radius 2 is 1.73 bits per heavy atom. The third-order valence-electron chi connectivity index (χ3n) is 2.21. The highest BCUT2D eigenvalue weighted by atomic mass is 16.3. The molecule has 0 aliphatic heterocycles. The van der Waals surface area contributed by atoms with Crippen molar-refractivity contribution in [2.24, 2.45) is 0 Å². The van der Waals surface area contributed by atoms with E-state index in [-0.39, 0.29) is 0 Å². The molecule has 0 N–H and O–H groups in total. The van der Waals surface area contributed by atoms with Gasteiger partial charge < -0.3 is 4.42 Å². The minimum Gasteiger partial charge on any atom is -0.467 e. The molecule has 0 saturated carbocycles. The van der Waals surface area contributed by atoms with Crippen LogP contribution in [0.15, 0.2) is 47.1 Å². The fourth-order valence-corrected chi connectivity index (χ4v) is 1.52. The zero-order valence-electron chi connectivity index (χ0n) is 8.00. The molecule has 0 radical (unpaired) electrons. The van der Waals surface area contributed by atoms with Crippen LogP contribution in [0.4, 0.5) is 0 Å². The zero-order chi connectivity index (χ0) is 10.1. The van der Waals surface area contributed by atoms with Crippen LogP contribution in [0.2, 0.25) is 0 Å². The van der Waals surface area contributed by atoms with Crippen LogP contribution >= 0.6 is 0 Å². The molecule has 0 saturated heterocycles. The van der Waals surface area contributed by atoms with E-state index < -0.39 is 0 Å². The Balaban J connectivity index is 1.98. The molecule has 0 spiro atoms. The Labute approximate surface area is 86.1 Å². The average Bonchev–Trinajstić information content (AvgIpc) is 2.86. The van der Waals surface area contributed by atoms with Crippen molar-refractivity contribution < 1.29 is 4.42 Å². The lowest BCUT2D eigenvalue weighted by molar-refractivity contribution is 0.460. The molecule has 0 aliphatic carbocycles. The van der Waals surface area contributed by atoms with E-state index >= 15 is 0 Å². The highest BCUT2D eigenvalue weighted by Gasteiger charge is 2.03. The van der Waals surface area contributed by atoms with Crippen LogP contribution in [-0.4, -0.2) is 15.0 Å². The van der Waals surface area contributed by atoms with Crippen LogP contribution in [0.3, 0.4) is 0 Å². The van der Waals surface area contributed by atoms with E-state index in [9.17, 15) is 0 Å². The van der Waals surface area contributed by atoms with Gasteiger partial charge >= 0.3 is 0 Å². The topological polar surface area (TPSA) is 43.9 Å². The van der Waals surface area contributed by atoms with Gasteiger partial charge in [0.15, 0.2) is 0 Å². The van der Waals surface area contributed by atoms with Gasteiger partial charge in [-0.15, -0.1) is 0 Å². The molecule has 4 heteroatoms. The van der Waals surface area contributed by atoms with E-state index in [1.54, 1.807) is 11.1 Å². The van der Waals surface area contributed by atoms with Gasteiger partial charge in [-0.2, -0.15) is 15.0 Å². The fourth-order valence-electron chi connectivity index (χ4n) is 1.52. The fraction of sp³-hybridized carbons (Fsp3) is 0.0909. The molecule has 0 atom stereocenters. The number of benzene rings is 1. The summed E-state index contributed by atoms with van der Waals surface area (Å²) in [6.07, 6.45) is 1.65. The number of hydrogen-bond acceptors (Lipinski definition) is 3. The first-order chi connectivity index (χ1) is 7.42. The zero-order valence-corrected chi connectivity index (χ0v) is 8.00. The Morgan fingerprint density at radius 3 is 2.33 bits per heavy atom. The van der Waals surface area contributed by atoms with Crippen molar-refractivity contribution in [2.75, 3.05) is 0 Å². The lowest BCUT2D eigenvalue weighted by Gasteiger charge is -1.93. The second-order valence-electron chi connectivity index (χ2n) is 3.30. The van der Waals surface area contributed by atoms with E-state index in [0.29, 0.717) is 6.54 Å². The summed E-state index contributed by atoms with van der Waals surface area (Å²) in [6.45, 7) is 0.571. The van der Waals surface area contributed by atoms with Gasteiger partial charge in [-0.25, -0.2) is 0 Å². The summed E-state index contributed by atoms with van der Waals surface area (Å²) >= 11 is 0. The lowest BCUT2D eigenvalue weighted by atomic mass is 10.3. The molecule has 3 aromatic rings. The molecule has 15 heavy (non-hydrogen) atoms. The maximum absolute atomic E-state index is 5.23. The minimum absolute atomic E-state index is 0.571. The second kappa shape index (κ2) is 3.24. The first-order valence-corrected chi connectivity index (χ1v) is 4.74. The predicted octanol–water partition coefficient (Wildman–Crippen LogP) is 2.07. The van der Waals surface area contributed by atoms with Gasteiger partial charge in [-0.1, -0.05) is 12.1 Å². The Morgan fingerprint density at radius 1 is 1.00 bits per heavy atom. The minimum atomic E-state index is 0.571. The maximum atomic E-state index is 5.23. The summed E-state index contributed by atoms with van der Waals surface area (Å²) in [6, 6.07) is 11.6. The predicted molar refractivity (Wildman–Crippen MR) is 55.3 cm³/mol. The van der Waals surface area contributed by atoms with Crippen molar-refractivity contribution in [1.82, 2.24) is 15.0 Å². The molecule has 0 amide bonds. The molecular weight excluding hydrogens is 190 g/mol. The van der Waals surface area contributed by atoms with Crippen LogP contribution in [0, 0.1) is 0 Å². The molecule has 0 fully saturated rings. The van der Waals surface area contributed by atoms with Crippen LogP contribution in [0.5, 0.6) is 0 Å². The molecule has 3 rings (SSSR count). The lowest BCUT2D eigenvalue weighted by Crippen LogP contribution is -2.02. The van der Waals surface area contributed by atoms with Crippen molar-refractivity contribution in [3.05, 3.63) is 48.4 Å². The normalized spacial score (nSPS) is 10.9. The molecule has 1 aromatic carbocycles. The largest absolute Gasteiger partial charge is 0.467 e. The Hall–Kier alpha value is -2.10. The van der Waals surface area contributed by atoms with Gasteiger partial charge in [-0.3, -0.25) is 0 Å². The van der Waals surface area contributed by atoms with E-state index in [4.69, 9.17) is 4.42 Å². The van der Waals surface area contributed by atoms with E-state index in [1.807, 2.05) is 36.4 Å². The van der Waals surface area contributed by atoms with Gasteiger partial charge in [0.05, 0.1) is 6.26 Å². The van der Waals surface area contributed by atoms with Crippen LogP contribution in [0.1, 0.15) is 5.76 Å². The van der Waals surface area contributed by atoms with E-state index in [2.05, 4.69) is 10.2 Å². The molecule has 0 unspecified atom stereocenters. The number of hydrogen-bond donors (Lipinski definition) is 0. The highest BCUT2D eigenvalue weighted by Crippen LogP contribution is 2.08. The van der Waals surface area contributed by atoms with Crippen molar-refractivity contribution in [2.45, 2.75) is 6.54 Å². The summed E-state index contributed by atoms with van der Waals surface area (Å²) in [5.41, 5.74) is 1.81. The molecule has 0 aliphatic rings. The number of fused-ring (bicyclic) bond motifs is 1. The Kier molecular flexibility index (Phi) is 1.78. The first kappa shape index (κ1) is 8.23. The highest BCUT2D eigenvalue weighted by molar-refractivity contribution is 5.72. The molecular formula is C11H9N3O. The molecule has 2 aromatic heterocycles. The van der Waals surface area contributed by atoms with Crippen LogP contribution in [0.25, 0.3) is 11.0 Å². The standard InChI is InChI=1S/C11H9N3O/c1-2-6-11-10(5-1)12-14(13-11)8-9-4-3-7-15-9/h1-7H,8H2. The third kappa shape index (κ3) is 1.50. The smallest absolute Gasteiger partial charge is 0.127 e. The monoisotopic (exact) mass is 199 g/mol. The summed E-state index contributed by atoms with van der Waals surface area (Å²) < 4.78 is 5.23. The van der Waals surface area contributed by atoms with Crippen LogP contribution < -0.4 is 0 Å². The summed E-state index contributed by atoms with van der Waals surface area (Å²) in [7, 11) is 0. The quantitative estimate of drug-likeness (QED) is 0.634. The van der Waals surface area contributed by atoms with Gasteiger partial charge in [0, 0.05) is 0 Å². The molecule has 2 heterocycles. The molecule has 4 nitrogen and oxygen atoms in total. The number of aromatic nitrogens is 3. The van der Waals surface area contributed by atoms with Crippen molar-refractivity contribution in [3.8, 4) is 0 Å². The summed E-state index contributed by atoms with van der Waals surface area (Å²) in [5, 5.41) is 8.67. The van der Waals surface area contributed by atoms with Crippen molar-refractivity contribution >= 4 is 11.0 Å². The van der Waals surface area contributed by atoms with Crippen molar-refractivity contribution in [3.63, 3.8) is 0 Å². The SMILES string of the molecule is c1coc(Cn2nc3ccccc3n2)c1. The summed E-state index contributed by atoms with van der Waals surface area (Å²) in [4.78, 5) is 1.64. The summed E-state index contributed by atoms with van der Waals surface area (Å²) in [5.74, 6) is 0.857. The van der Waals surface area contributed by atoms with Gasteiger partial charge in [0.25, 0.3) is 0 Å². The first-order valence-electron chi connectivity index (χ1n) is 4.74. The maximum Gasteiger partial charge on any atom is 0.127 e. The molecule has 74 valence electrons. The number of furan rings is 1.